The summed E-state index contributed by atoms with van der Waals surface area (Å²) < 4.78 is 40.3. The lowest BCUT2D eigenvalue weighted by molar-refractivity contribution is -0.274. The molecule has 18 heavy (non-hydrogen) atoms. The lowest BCUT2D eigenvalue weighted by Crippen LogP contribution is -2.19. The minimum absolute atomic E-state index is 0.0344. The van der Waals surface area contributed by atoms with Gasteiger partial charge in [-0.1, -0.05) is 0 Å². The molecule has 1 heterocycles. The third-order valence-electron chi connectivity index (χ3n) is 2.13. The van der Waals surface area contributed by atoms with Crippen LogP contribution in [-0.4, -0.2) is 22.4 Å². The van der Waals surface area contributed by atoms with Crippen molar-refractivity contribution in [3.05, 3.63) is 23.0 Å². The average Bonchev–Trinajstić information content (AvgIpc) is 2.19. The smallest absolute Gasteiger partial charge is 0.481 e. The maximum atomic E-state index is 12.2. The Bertz CT molecular complexity index is 460. The highest BCUT2D eigenvalue weighted by atomic mass is 19.4. The first-order valence-corrected chi connectivity index (χ1v) is 4.90. The second-order valence-electron chi connectivity index (χ2n) is 3.51. The number of carboxylic acids is 1. The summed E-state index contributed by atoms with van der Waals surface area (Å²) in [7, 11) is 0. The normalized spacial score (nSPS) is 11.4. The molecular weight excluding hydrogens is 253 g/mol. The van der Waals surface area contributed by atoms with E-state index in [-0.39, 0.29) is 23.5 Å². The van der Waals surface area contributed by atoms with Crippen LogP contribution in [0.3, 0.4) is 0 Å². The van der Waals surface area contributed by atoms with Crippen molar-refractivity contribution < 1.29 is 27.8 Å². The number of alkyl halides is 3. The van der Waals surface area contributed by atoms with Gasteiger partial charge in [-0.25, -0.2) is 0 Å². The van der Waals surface area contributed by atoms with Crippen LogP contribution in [0.4, 0.5) is 13.2 Å². The van der Waals surface area contributed by atoms with Gasteiger partial charge < -0.3 is 15.6 Å². The number of aliphatic carboxylic acids is 1. The van der Waals surface area contributed by atoms with Crippen molar-refractivity contribution in [1.82, 2.24) is 4.98 Å². The molecule has 5 nitrogen and oxygen atoms in total. The Labute approximate surface area is 100 Å². The fourth-order valence-electron chi connectivity index (χ4n) is 1.37. The molecule has 0 aliphatic carbocycles. The minimum atomic E-state index is -4.85. The molecule has 0 radical (unpaired) electrons. The third kappa shape index (κ3) is 3.88. The van der Waals surface area contributed by atoms with Crippen molar-refractivity contribution in [2.24, 2.45) is 5.73 Å². The predicted octanol–water partition coefficient (Wildman–Crippen LogP) is 1.37. The maximum Gasteiger partial charge on any atom is 0.573 e. The summed E-state index contributed by atoms with van der Waals surface area (Å²) in [5.41, 5.74) is 5.62. The quantitative estimate of drug-likeness (QED) is 0.857. The number of hydrogen-bond acceptors (Lipinski definition) is 4. The Kier molecular flexibility index (Phi) is 4.12. The number of ether oxygens (including phenoxy) is 1. The van der Waals surface area contributed by atoms with Gasteiger partial charge in [-0.15, -0.1) is 13.2 Å². The highest BCUT2D eigenvalue weighted by Crippen LogP contribution is 2.28. The number of aromatic nitrogens is 1. The Balaban J connectivity index is 3.18. The van der Waals surface area contributed by atoms with Crippen LogP contribution in [0.5, 0.6) is 5.75 Å². The van der Waals surface area contributed by atoms with Gasteiger partial charge in [0, 0.05) is 18.2 Å². The lowest BCUT2D eigenvalue weighted by atomic mass is 10.1. The Morgan fingerprint density at radius 3 is 2.61 bits per heavy atom. The van der Waals surface area contributed by atoms with Crippen molar-refractivity contribution >= 4 is 5.97 Å². The number of pyridine rings is 1. The molecule has 1 aromatic rings. The second-order valence-corrected chi connectivity index (χ2v) is 3.51. The largest absolute Gasteiger partial charge is 0.573 e. The van der Waals surface area contributed by atoms with E-state index in [0.29, 0.717) is 0 Å². The third-order valence-corrected chi connectivity index (χ3v) is 2.13. The molecule has 1 aromatic heterocycles. The van der Waals surface area contributed by atoms with Crippen molar-refractivity contribution in [2.45, 2.75) is 26.3 Å². The van der Waals surface area contributed by atoms with Gasteiger partial charge in [0.25, 0.3) is 0 Å². The summed E-state index contributed by atoms with van der Waals surface area (Å²) in [6.45, 7) is 1.27. The van der Waals surface area contributed by atoms with Gasteiger partial charge in [0.1, 0.15) is 5.75 Å². The molecule has 3 N–H and O–H groups in total. The van der Waals surface area contributed by atoms with Crippen molar-refractivity contribution in [2.75, 3.05) is 0 Å². The van der Waals surface area contributed by atoms with E-state index in [1.165, 1.54) is 6.92 Å². The first-order valence-electron chi connectivity index (χ1n) is 4.90. The SMILES string of the molecule is Cc1c(OC(F)(F)F)cc(CC(=O)O)nc1CN. The first kappa shape index (κ1) is 14.2. The van der Waals surface area contributed by atoms with Gasteiger partial charge >= 0.3 is 12.3 Å². The molecule has 0 unspecified atom stereocenters. The molecule has 0 aliphatic heterocycles. The highest BCUT2D eigenvalue weighted by Gasteiger charge is 2.32. The zero-order chi connectivity index (χ0) is 13.9. The van der Waals surface area contributed by atoms with Crippen LogP contribution in [0, 0.1) is 6.92 Å². The van der Waals surface area contributed by atoms with Crippen LogP contribution in [0.15, 0.2) is 6.07 Å². The van der Waals surface area contributed by atoms with Crippen molar-refractivity contribution in [1.29, 1.82) is 0 Å². The van der Waals surface area contributed by atoms with E-state index in [1.54, 1.807) is 0 Å². The van der Waals surface area contributed by atoms with E-state index in [2.05, 4.69) is 9.72 Å². The molecule has 0 spiro atoms. The van der Waals surface area contributed by atoms with Crippen LogP contribution in [0.1, 0.15) is 17.0 Å². The van der Waals surface area contributed by atoms with Crippen LogP contribution in [0.25, 0.3) is 0 Å². The summed E-state index contributed by atoms with van der Waals surface area (Å²) in [5, 5.41) is 8.59. The number of nitrogens with zero attached hydrogens (tertiary/aromatic N) is 1. The van der Waals surface area contributed by atoms with Crippen LogP contribution in [0.2, 0.25) is 0 Å². The standard InChI is InChI=1S/C10H11F3N2O3/c1-5-7(4-14)15-6(3-9(16)17)2-8(5)18-10(11,12)13/h2H,3-4,14H2,1H3,(H,16,17). The number of hydrogen-bond donors (Lipinski definition) is 2. The van der Waals surface area contributed by atoms with Gasteiger partial charge in [-0.2, -0.15) is 0 Å². The number of carboxylic acid groups (broad SMARTS) is 1. The first-order chi connectivity index (χ1) is 8.23. The molecule has 8 heteroatoms. The monoisotopic (exact) mass is 264 g/mol. The van der Waals surface area contributed by atoms with Crippen LogP contribution >= 0.6 is 0 Å². The summed E-state index contributed by atoms with van der Waals surface area (Å²) in [6.07, 6.45) is -5.35. The molecule has 0 fully saturated rings. The van der Waals surface area contributed by atoms with E-state index in [9.17, 15) is 18.0 Å². The fourth-order valence-corrected chi connectivity index (χ4v) is 1.37. The van der Waals surface area contributed by atoms with Gasteiger partial charge in [0.05, 0.1) is 17.8 Å². The van der Waals surface area contributed by atoms with Crippen molar-refractivity contribution in [3.63, 3.8) is 0 Å². The Morgan fingerprint density at radius 1 is 1.56 bits per heavy atom. The Morgan fingerprint density at radius 2 is 2.17 bits per heavy atom. The molecule has 0 bridgehead atoms. The molecule has 0 saturated heterocycles. The molecule has 0 aliphatic rings. The molecule has 0 saturated carbocycles. The highest BCUT2D eigenvalue weighted by molar-refractivity contribution is 5.69. The van der Waals surface area contributed by atoms with Gasteiger partial charge in [0.2, 0.25) is 0 Å². The Hall–Kier alpha value is -1.83. The summed E-state index contributed by atoms with van der Waals surface area (Å²) in [5.74, 6) is -1.68. The summed E-state index contributed by atoms with van der Waals surface area (Å²) >= 11 is 0. The number of halogens is 3. The predicted molar refractivity (Wildman–Crippen MR) is 54.9 cm³/mol. The van der Waals surface area contributed by atoms with Crippen LogP contribution in [-0.2, 0) is 17.8 Å². The molecule has 0 amide bonds. The van der Waals surface area contributed by atoms with Gasteiger partial charge in [0.15, 0.2) is 0 Å². The van der Waals surface area contributed by atoms with Crippen molar-refractivity contribution in [3.8, 4) is 5.75 Å². The lowest BCUT2D eigenvalue weighted by Gasteiger charge is -2.14. The van der Waals surface area contributed by atoms with E-state index in [1.807, 2.05) is 0 Å². The van der Waals surface area contributed by atoms with Crippen LogP contribution < -0.4 is 10.5 Å². The summed E-state index contributed by atoms with van der Waals surface area (Å²) in [4.78, 5) is 14.4. The molecular formula is C10H11F3N2O3. The zero-order valence-corrected chi connectivity index (χ0v) is 9.41. The van der Waals surface area contributed by atoms with E-state index < -0.39 is 24.5 Å². The zero-order valence-electron chi connectivity index (χ0n) is 9.41. The van der Waals surface area contributed by atoms with E-state index in [0.717, 1.165) is 6.07 Å². The average molecular weight is 264 g/mol. The summed E-state index contributed by atoms with van der Waals surface area (Å²) in [6, 6.07) is 0.954. The minimum Gasteiger partial charge on any atom is -0.481 e. The van der Waals surface area contributed by atoms with Gasteiger partial charge in [-0.05, 0) is 6.92 Å². The number of nitrogens with two attached hydrogens (primary N) is 1. The second kappa shape index (κ2) is 5.21. The number of carbonyl (C=O) groups is 1. The molecule has 100 valence electrons. The topological polar surface area (TPSA) is 85.4 Å². The fraction of sp³-hybridized carbons (Fsp3) is 0.400. The van der Waals surface area contributed by atoms with E-state index in [4.69, 9.17) is 10.8 Å². The molecule has 0 aromatic carbocycles. The maximum absolute atomic E-state index is 12.2. The molecule has 0 atom stereocenters. The molecule has 1 rings (SSSR count). The van der Waals surface area contributed by atoms with E-state index >= 15 is 0 Å². The van der Waals surface area contributed by atoms with Gasteiger partial charge in [-0.3, -0.25) is 9.78 Å². The number of rotatable bonds is 4.